The van der Waals surface area contributed by atoms with Gasteiger partial charge in [0.1, 0.15) is 11.6 Å². The van der Waals surface area contributed by atoms with Crippen LogP contribution in [0.1, 0.15) is 16.6 Å². The Bertz CT molecular complexity index is 546. The van der Waals surface area contributed by atoms with Crippen LogP contribution in [0, 0.1) is 11.6 Å². The number of rotatable bonds is 3. The molecule has 0 aliphatic heterocycles. The molecule has 0 aliphatic carbocycles. The van der Waals surface area contributed by atoms with Crippen LogP contribution in [-0.4, -0.2) is 4.98 Å². The first kappa shape index (κ1) is 13.2. The Kier molecular flexibility index (Phi) is 4.15. The third-order valence-electron chi connectivity index (χ3n) is 2.49. The summed E-state index contributed by atoms with van der Waals surface area (Å²) in [6, 6.07) is 7.32. The molecule has 1 heterocycles. The van der Waals surface area contributed by atoms with Gasteiger partial charge < -0.3 is 0 Å². The van der Waals surface area contributed by atoms with Crippen molar-refractivity contribution in [3.63, 3.8) is 0 Å². The van der Waals surface area contributed by atoms with Gasteiger partial charge in [-0.1, -0.05) is 17.7 Å². The lowest BCUT2D eigenvalue weighted by Gasteiger charge is -2.11. The fourth-order valence-electron chi connectivity index (χ4n) is 1.59. The number of hydrogen-bond acceptors (Lipinski definition) is 1. The fourth-order valence-corrected chi connectivity index (χ4v) is 2.07. The monoisotopic (exact) mass is 287 g/mol. The second kappa shape index (κ2) is 5.63. The maximum atomic E-state index is 13.6. The molecule has 0 fully saturated rings. The van der Waals surface area contributed by atoms with E-state index < -0.39 is 17.0 Å². The summed E-state index contributed by atoms with van der Waals surface area (Å²) in [4.78, 5) is 4.09. The van der Waals surface area contributed by atoms with Crippen LogP contribution in [0.4, 0.5) is 8.78 Å². The summed E-state index contributed by atoms with van der Waals surface area (Å²) in [6.45, 7) is 0. The Hall–Kier alpha value is -1.19. The summed E-state index contributed by atoms with van der Waals surface area (Å²) in [6.07, 6.45) is 1.94. The smallest absolute Gasteiger partial charge is 0.142 e. The van der Waals surface area contributed by atoms with Gasteiger partial charge in [0.25, 0.3) is 0 Å². The molecule has 0 aliphatic rings. The van der Waals surface area contributed by atoms with E-state index in [-0.39, 0.29) is 10.6 Å². The van der Waals surface area contributed by atoms with Crippen molar-refractivity contribution in [1.29, 1.82) is 0 Å². The van der Waals surface area contributed by atoms with Crippen LogP contribution in [0.2, 0.25) is 5.02 Å². The molecule has 0 saturated carbocycles. The minimum atomic E-state index is -0.688. The number of benzene rings is 1. The third kappa shape index (κ3) is 2.98. The van der Waals surface area contributed by atoms with Gasteiger partial charge in [-0.15, -0.1) is 11.6 Å². The van der Waals surface area contributed by atoms with Crippen LogP contribution in [0.3, 0.4) is 0 Å². The molecule has 0 radical (unpaired) electrons. The largest absolute Gasteiger partial charge is 0.261 e. The van der Waals surface area contributed by atoms with E-state index >= 15 is 0 Å². The summed E-state index contributed by atoms with van der Waals surface area (Å²) >= 11 is 11.6. The molecule has 0 amide bonds. The lowest BCUT2D eigenvalue weighted by atomic mass is 10.1. The van der Waals surface area contributed by atoms with Gasteiger partial charge in [-0.05, 0) is 24.3 Å². The lowest BCUT2D eigenvalue weighted by Crippen LogP contribution is -2.01. The van der Waals surface area contributed by atoms with E-state index in [0.29, 0.717) is 12.1 Å². The van der Waals surface area contributed by atoms with Crippen LogP contribution in [0.25, 0.3) is 0 Å². The molecule has 1 aromatic heterocycles. The Morgan fingerprint density at radius 2 is 1.94 bits per heavy atom. The average molecular weight is 288 g/mol. The zero-order valence-electron chi connectivity index (χ0n) is 9.21. The van der Waals surface area contributed by atoms with Crippen LogP contribution in [0.15, 0.2) is 36.5 Å². The van der Waals surface area contributed by atoms with E-state index in [9.17, 15) is 8.78 Å². The van der Waals surface area contributed by atoms with Crippen molar-refractivity contribution in [2.24, 2.45) is 0 Å². The van der Waals surface area contributed by atoms with Crippen LogP contribution in [0.5, 0.6) is 0 Å². The molecular formula is C13H9Cl2F2N. The lowest BCUT2D eigenvalue weighted by molar-refractivity contribution is 0.581. The SMILES string of the molecule is Fc1cc(C(Cl)Cc2ccccn2)c(F)cc1Cl. The molecule has 1 atom stereocenters. The Balaban J connectivity index is 2.24. The zero-order valence-corrected chi connectivity index (χ0v) is 10.7. The highest BCUT2D eigenvalue weighted by atomic mass is 35.5. The van der Waals surface area contributed by atoms with E-state index in [1.165, 1.54) is 0 Å². The Morgan fingerprint density at radius 1 is 1.17 bits per heavy atom. The number of pyridine rings is 1. The molecule has 2 rings (SSSR count). The highest BCUT2D eigenvalue weighted by Crippen LogP contribution is 2.29. The molecule has 5 heteroatoms. The normalized spacial score (nSPS) is 12.4. The molecular weight excluding hydrogens is 279 g/mol. The van der Waals surface area contributed by atoms with Gasteiger partial charge in [-0.3, -0.25) is 4.98 Å². The van der Waals surface area contributed by atoms with Gasteiger partial charge in [0.2, 0.25) is 0 Å². The predicted molar refractivity (Wildman–Crippen MR) is 67.9 cm³/mol. The molecule has 0 bridgehead atoms. The second-order valence-corrected chi connectivity index (χ2v) is 4.71. The zero-order chi connectivity index (χ0) is 13.1. The minimum Gasteiger partial charge on any atom is -0.261 e. The highest BCUT2D eigenvalue weighted by molar-refractivity contribution is 6.30. The van der Waals surface area contributed by atoms with Gasteiger partial charge >= 0.3 is 0 Å². The van der Waals surface area contributed by atoms with E-state index in [0.717, 1.165) is 12.1 Å². The summed E-state index contributed by atoms with van der Waals surface area (Å²) < 4.78 is 26.9. The van der Waals surface area contributed by atoms with Crippen LogP contribution < -0.4 is 0 Å². The van der Waals surface area contributed by atoms with Crippen molar-refractivity contribution in [1.82, 2.24) is 4.98 Å². The molecule has 18 heavy (non-hydrogen) atoms. The summed E-state index contributed by atoms with van der Waals surface area (Å²) in [7, 11) is 0. The first-order chi connectivity index (χ1) is 8.58. The van der Waals surface area contributed by atoms with Crippen molar-refractivity contribution in [2.75, 3.05) is 0 Å². The number of nitrogens with zero attached hydrogens (tertiary/aromatic N) is 1. The Labute approximate surface area is 113 Å². The Morgan fingerprint density at radius 3 is 2.61 bits per heavy atom. The minimum absolute atomic E-state index is 0.0872. The average Bonchev–Trinajstić information content (AvgIpc) is 2.35. The molecule has 1 unspecified atom stereocenters. The number of alkyl halides is 1. The quantitative estimate of drug-likeness (QED) is 0.597. The van der Waals surface area contributed by atoms with E-state index in [1.54, 1.807) is 18.3 Å². The number of halogens is 4. The highest BCUT2D eigenvalue weighted by Gasteiger charge is 2.17. The van der Waals surface area contributed by atoms with Crippen molar-refractivity contribution < 1.29 is 8.78 Å². The predicted octanol–water partition coefficient (Wildman–Crippen LogP) is 4.54. The van der Waals surface area contributed by atoms with Crippen LogP contribution in [-0.2, 0) is 6.42 Å². The molecule has 1 aromatic carbocycles. The van der Waals surface area contributed by atoms with Gasteiger partial charge in [-0.2, -0.15) is 0 Å². The fraction of sp³-hybridized carbons (Fsp3) is 0.154. The van der Waals surface area contributed by atoms with Gasteiger partial charge in [0.05, 0.1) is 10.4 Å². The summed E-state index contributed by atoms with van der Waals surface area (Å²) in [5.41, 5.74) is 0.802. The van der Waals surface area contributed by atoms with E-state index in [4.69, 9.17) is 23.2 Å². The number of aromatic nitrogens is 1. The van der Waals surface area contributed by atoms with Crippen molar-refractivity contribution in [3.05, 3.63) is 64.4 Å². The molecule has 0 saturated heterocycles. The molecule has 0 N–H and O–H groups in total. The standard InChI is InChI=1S/C13H9Cl2F2N/c14-10(5-8-3-1-2-4-18-8)9-6-13(17)11(15)7-12(9)16/h1-4,6-7,10H,5H2. The van der Waals surface area contributed by atoms with Crippen LogP contribution >= 0.6 is 23.2 Å². The maximum absolute atomic E-state index is 13.6. The first-order valence-electron chi connectivity index (χ1n) is 5.26. The van der Waals surface area contributed by atoms with Crippen molar-refractivity contribution >= 4 is 23.2 Å². The van der Waals surface area contributed by atoms with Gasteiger partial charge in [0, 0.05) is 23.9 Å². The third-order valence-corrected chi connectivity index (χ3v) is 3.17. The summed E-state index contributed by atoms with van der Waals surface area (Å²) in [5, 5.41) is -0.940. The molecule has 1 nitrogen and oxygen atoms in total. The first-order valence-corrected chi connectivity index (χ1v) is 6.08. The second-order valence-electron chi connectivity index (χ2n) is 3.78. The topological polar surface area (TPSA) is 12.9 Å². The molecule has 2 aromatic rings. The maximum Gasteiger partial charge on any atom is 0.142 e. The van der Waals surface area contributed by atoms with E-state index in [2.05, 4.69) is 4.98 Å². The van der Waals surface area contributed by atoms with Crippen molar-refractivity contribution in [3.8, 4) is 0 Å². The number of hydrogen-bond donors (Lipinski definition) is 0. The molecule has 94 valence electrons. The van der Waals surface area contributed by atoms with Gasteiger partial charge in [-0.25, -0.2) is 8.78 Å². The molecule has 0 spiro atoms. The van der Waals surface area contributed by atoms with E-state index in [1.807, 2.05) is 6.07 Å². The van der Waals surface area contributed by atoms with Crippen molar-refractivity contribution in [2.45, 2.75) is 11.8 Å². The summed E-state index contributed by atoms with van der Waals surface area (Å²) in [5.74, 6) is -1.29. The van der Waals surface area contributed by atoms with Gasteiger partial charge in [0.15, 0.2) is 0 Å².